The maximum atomic E-state index is 5.61. The summed E-state index contributed by atoms with van der Waals surface area (Å²) in [6.07, 6.45) is 2.69. The van der Waals surface area contributed by atoms with Crippen molar-refractivity contribution in [2.45, 2.75) is 32.8 Å². The van der Waals surface area contributed by atoms with Gasteiger partial charge in [-0.05, 0) is 44.7 Å². The van der Waals surface area contributed by atoms with E-state index in [1.165, 1.54) is 11.1 Å². The molecule has 106 valence electrons. The van der Waals surface area contributed by atoms with Gasteiger partial charge in [-0.1, -0.05) is 18.2 Å². The third-order valence-corrected chi connectivity index (χ3v) is 4.02. The summed E-state index contributed by atoms with van der Waals surface area (Å²) in [6.45, 7) is 6.12. The molecule has 2 aromatic rings. The van der Waals surface area contributed by atoms with Crippen molar-refractivity contribution in [3.05, 3.63) is 36.0 Å². The van der Waals surface area contributed by atoms with Gasteiger partial charge in [0.1, 0.15) is 0 Å². The Morgan fingerprint density at radius 2 is 2.20 bits per heavy atom. The number of benzene rings is 1. The minimum absolute atomic E-state index is 0.395. The topological polar surface area (TPSA) is 34.1 Å². The average molecular weight is 270 g/mol. The molecule has 1 fully saturated rings. The van der Waals surface area contributed by atoms with Crippen LogP contribution in [0.5, 0.6) is 0 Å². The van der Waals surface area contributed by atoms with Crippen LogP contribution in [-0.4, -0.2) is 24.2 Å². The minimum Gasteiger partial charge on any atom is -0.384 e. The molecule has 3 nitrogen and oxygen atoms in total. The first-order valence-electron chi connectivity index (χ1n) is 7.44. The highest BCUT2D eigenvalue weighted by atomic mass is 16.5. The normalized spacial score (nSPS) is 22.9. The van der Waals surface area contributed by atoms with E-state index in [4.69, 9.17) is 4.74 Å². The number of nitrogens with one attached hydrogen (secondary N) is 1. The molecular weight excluding hydrogens is 248 g/mol. The molecule has 1 aliphatic heterocycles. The molecule has 1 aliphatic rings. The molecule has 0 bridgehead atoms. The first-order valence-corrected chi connectivity index (χ1v) is 7.44. The van der Waals surface area contributed by atoms with Gasteiger partial charge < -0.3 is 10.1 Å². The lowest BCUT2D eigenvalue weighted by atomic mass is 9.96. The molecule has 0 spiro atoms. The van der Waals surface area contributed by atoms with Crippen LogP contribution in [0.2, 0.25) is 0 Å². The van der Waals surface area contributed by atoms with Gasteiger partial charge >= 0.3 is 0 Å². The number of anilines is 1. The van der Waals surface area contributed by atoms with Crippen LogP contribution in [0.1, 0.15) is 25.5 Å². The Kier molecular flexibility index (Phi) is 3.88. The number of nitrogens with zero attached hydrogens (tertiary/aromatic N) is 1. The number of hydrogen-bond donors (Lipinski definition) is 1. The van der Waals surface area contributed by atoms with E-state index >= 15 is 0 Å². The number of aromatic nitrogens is 1. The molecule has 2 heterocycles. The highest BCUT2D eigenvalue weighted by Gasteiger charge is 2.19. The Hall–Kier alpha value is -1.61. The Labute approximate surface area is 120 Å². The second kappa shape index (κ2) is 5.80. The molecule has 0 unspecified atom stereocenters. The molecule has 20 heavy (non-hydrogen) atoms. The van der Waals surface area contributed by atoms with Gasteiger partial charge in [-0.15, -0.1) is 0 Å². The second-order valence-corrected chi connectivity index (χ2v) is 5.78. The van der Waals surface area contributed by atoms with E-state index in [1.807, 2.05) is 13.0 Å². The van der Waals surface area contributed by atoms with Crippen LogP contribution >= 0.6 is 0 Å². The number of ether oxygens (including phenoxy) is 1. The van der Waals surface area contributed by atoms with Gasteiger partial charge in [0.15, 0.2) is 0 Å². The van der Waals surface area contributed by atoms with Crippen molar-refractivity contribution in [1.29, 1.82) is 0 Å². The summed E-state index contributed by atoms with van der Waals surface area (Å²) in [5.74, 6) is 0.700. The molecule has 1 N–H and O–H groups in total. The van der Waals surface area contributed by atoms with Gasteiger partial charge in [0, 0.05) is 29.9 Å². The summed E-state index contributed by atoms with van der Waals surface area (Å²) in [5.41, 5.74) is 3.33. The standard InChI is InChI=1S/C17H22N2O/c1-12-9-17(15-5-3-4-6-16(15)19-12)18-11-14-7-8-20-13(2)10-14/h3-6,9,13-14H,7-8,10-11H2,1-2H3,(H,18,19)/t13-,14+/m1/s1. The Balaban J connectivity index is 1.77. The van der Waals surface area contributed by atoms with E-state index in [0.29, 0.717) is 12.0 Å². The fourth-order valence-electron chi connectivity index (χ4n) is 2.98. The molecular formula is C17H22N2O. The van der Waals surface area contributed by atoms with Crippen LogP contribution in [0.4, 0.5) is 5.69 Å². The van der Waals surface area contributed by atoms with E-state index in [-0.39, 0.29) is 0 Å². The van der Waals surface area contributed by atoms with Crippen molar-refractivity contribution in [2.24, 2.45) is 5.92 Å². The van der Waals surface area contributed by atoms with Crippen LogP contribution in [0.25, 0.3) is 10.9 Å². The largest absolute Gasteiger partial charge is 0.384 e. The highest BCUT2D eigenvalue weighted by molar-refractivity contribution is 5.91. The third kappa shape index (κ3) is 2.93. The maximum Gasteiger partial charge on any atom is 0.0725 e. The lowest BCUT2D eigenvalue weighted by Crippen LogP contribution is -2.27. The number of hydrogen-bond acceptors (Lipinski definition) is 3. The quantitative estimate of drug-likeness (QED) is 0.922. The summed E-state index contributed by atoms with van der Waals surface area (Å²) < 4.78 is 5.61. The second-order valence-electron chi connectivity index (χ2n) is 5.78. The monoisotopic (exact) mass is 270 g/mol. The average Bonchev–Trinajstić information content (AvgIpc) is 2.44. The molecule has 0 amide bonds. The summed E-state index contributed by atoms with van der Waals surface area (Å²) in [5, 5.41) is 4.83. The molecule has 1 saturated heterocycles. The van der Waals surface area contributed by atoms with Crippen LogP contribution in [-0.2, 0) is 4.74 Å². The SMILES string of the molecule is Cc1cc(NC[C@H]2CCO[C@H](C)C2)c2ccccc2n1. The molecule has 0 aliphatic carbocycles. The van der Waals surface area contributed by atoms with Gasteiger partial charge in [-0.2, -0.15) is 0 Å². The third-order valence-electron chi connectivity index (χ3n) is 4.02. The lowest BCUT2D eigenvalue weighted by Gasteiger charge is -2.27. The lowest BCUT2D eigenvalue weighted by molar-refractivity contribution is 0.00559. The van der Waals surface area contributed by atoms with E-state index in [1.54, 1.807) is 0 Å². The van der Waals surface area contributed by atoms with Crippen molar-refractivity contribution in [3.63, 3.8) is 0 Å². The van der Waals surface area contributed by atoms with Crippen LogP contribution in [0, 0.1) is 12.8 Å². The zero-order chi connectivity index (χ0) is 13.9. The van der Waals surface area contributed by atoms with Gasteiger partial charge in [-0.3, -0.25) is 4.98 Å². The molecule has 3 heteroatoms. The smallest absolute Gasteiger partial charge is 0.0725 e. The van der Waals surface area contributed by atoms with Crippen molar-refractivity contribution < 1.29 is 4.74 Å². The van der Waals surface area contributed by atoms with Gasteiger partial charge in [0.25, 0.3) is 0 Å². The molecule has 1 aromatic carbocycles. The van der Waals surface area contributed by atoms with Crippen LogP contribution in [0.3, 0.4) is 0 Å². The van der Waals surface area contributed by atoms with E-state index < -0.39 is 0 Å². The first-order chi connectivity index (χ1) is 9.72. The first kappa shape index (κ1) is 13.4. The predicted octanol–water partition coefficient (Wildman–Crippen LogP) is 3.77. The molecule has 1 aromatic heterocycles. The summed E-state index contributed by atoms with van der Waals surface area (Å²) >= 11 is 0. The van der Waals surface area contributed by atoms with E-state index in [9.17, 15) is 0 Å². The Morgan fingerprint density at radius 3 is 3.05 bits per heavy atom. The van der Waals surface area contributed by atoms with Crippen molar-refractivity contribution in [3.8, 4) is 0 Å². The van der Waals surface area contributed by atoms with E-state index in [2.05, 4.69) is 41.5 Å². The molecule has 2 atom stereocenters. The zero-order valence-electron chi connectivity index (χ0n) is 12.2. The van der Waals surface area contributed by atoms with Crippen molar-refractivity contribution in [1.82, 2.24) is 4.98 Å². The Morgan fingerprint density at radius 1 is 1.35 bits per heavy atom. The van der Waals surface area contributed by atoms with Gasteiger partial charge in [0.2, 0.25) is 0 Å². The molecule has 0 radical (unpaired) electrons. The number of fused-ring (bicyclic) bond motifs is 1. The fourth-order valence-corrected chi connectivity index (χ4v) is 2.98. The summed E-state index contributed by atoms with van der Waals surface area (Å²) in [4.78, 5) is 4.58. The van der Waals surface area contributed by atoms with Gasteiger partial charge in [-0.25, -0.2) is 0 Å². The number of para-hydroxylation sites is 1. The van der Waals surface area contributed by atoms with E-state index in [0.717, 1.165) is 37.2 Å². The van der Waals surface area contributed by atoms with Crippen LogP contribution in [0.15, 0.2) is 30.3 Å². The summed E-state index contributed by atoms with van der Waals surface area (Å²) in [7, 11) is 0. The highest BCUT2D eigenvalue weighted by Crippen LogP contribution is 2.25. The number of pyridine rings is 1. The summed E-state index contributed by atoms with van der Waals surface area (Å²) in [6, 6.07) is 10.5. The van der Waals surface area contributed by atoms with Crippen molar-refractivity contribution in [2.75, 3.05) is 18.5 Å². The fraction of sp³-hybridized carbons (Fsp3) is 0.471. The number of aryl methyl sites for hydroxylation is 1. The van der Waals surface area contributed by atoms with Crippen molar-refractivity contribution >= 4 is 16.6 Å². The van der Waals surface area contributed by atoms with Gasteiger partial charge in [0.05, 0.1) is 11.6 Å². The zero-order valence-corrected chi connectivity index (χ0v) is 12.2. The predicted molar refractivity (Wildman–Crippen MR) is 83.1 cm³/mol. The number of rotatable bonds is 3. The molecule has 0 saturated carbocycles. The maximum absolute atomic E-state index is 5.61. The minimum atomic E-state index is 0.395. The Bertz CT molecular complexity index is 597. The van der Waals surface area contributed by atoms with Crippen LogP contribution < -0.4 is 5.32 Å². The molecule has 3 rings (SSSR count).